The highest BCUT2D eigenvalue weighted by molar-refractivity contribution is 5.73. The molecule has 0 aliphatic carbocycles. The molecule has 0 aromatic heterocycles. The monoisotopic (exact) mass is 270 g/mol. The summed E-state index contributed by atoms with van der Waals surface area (Å²) in [4.78, 5) is 21.0. The number of nitro benzene ring substituents is 1. The minimum absolute atomic E-state index is 0.0362. The highest BCUT2D eigenvalue weighted by atomic mass is 16.6. The quantitative estimate of drug-likeness (QED) is 0.552. The largest absolute Gasteiger partial charge is 0.497 e. The lowest BCUT2D eigenvalue weighted by Gasteiger charge is -2.13. The van der Waals surface area contributed by atoms with Gasteiger partial charge in [0.05, 0.1) is 12.0 Å². The number of carboxylic acid groups (broad SMARTS) is 1. The molecule has 0 saturated carbocycles. The molecular formula is C11H14N2O6. The molecule has 104 valence electrons. The van der Waals surface area contributed by atoms with Crippen molar-refractivity contribution >= 4 is 11.7 Å². The molecule has 0 fully saturated rings. The van der Waals surface area contributed by atoms with Crippen LogP contribution >= 0.6 is 0 Å². The minimum atomic E-state index is -1.10. The van der Waals surface area contributed by atoms with E-state index in [9.17, 15) is 14.9 Å². The second-order valence-electron chi connectivity index (χ2n) is 3.58. The summed E-state index contributed by atoms with van der Waals surface area (Å²) in [6.07, 6.45) is 0. The molecule has 1 atom stereocenters. The van der Waals surface area contributed by atoms with Gasteiger partial charge in [0.1, 0.15) is 18.4 Å². The van der Waals surface area contributed by atoms with Crippen LogP contribution in [-0.2, 0) is 4.79 Å². The summed E-state index contributed by atoms with van der Waals surface area (Å²) in [6.45, 7) is -0.236. The summed E-state index contributed by atoms with van der Waals surface area (Å²) in [5.41, 5.74) is -0.249. The normalized spacial score (nSPS) is 11.7. The van der Waals surface area contributed by atoms with Crippen molar-refractivity contribution in [1.82, 2.24) is 5.32 Å². The van der Waals surface area contributed by atoms with E-state index < -0.39 is 16.9 Å². The van der Waals surface area contributed by atoms with Crippen LogP contribution in [0.4, 0.5) is 5.69 Å². The summed E-state index contributed by atoms with van der Waals surface area (Å²) in [7, 11) is 2.88. The Morgan fingerprint density at radius 3 is 2.74 bits per heavy atom. The Balaban J connectivity index is 2.91. The molecular weight excluding hydrogens is 256 g/mol. The van der Waals surface area contributed by atoms with Gasteiger partial charge in [-0.15, -0.1) is 0 Å². The van der Waals surface area contributed by atoms with Crippen molar-refractivity contribution < 1.29 is 24.3 Å². The number of rotatable bonds is 7. The number of likely N-dealkylation sites (N-methyl/N-ethyl adjacent to an activating group) is 1. The van der Waals surface area contributed by atoms with E-state index in [1.807, 2.05) is 0 Å². The Bertz CT molecular complexity index is 476. The van der Waals surface area contributed by atoms with Crippen molar-refractivity contribution in [3.05, 3.63) is 28.3 Å². The summed E-state index contributed by atoms with van der Waals surface area (Å²) < 4.78 is 10.1. The van der Waals surface area contributed by atoms with Gasteiger partial charge < -0.3 is 19.9 Å². The fraction of sp³-hybridized carbons (Fsp3) is 0.364. The Morgan fingerprint density at radius 2 is 2.26 bits per heavy atom. The number of carbonyl (C=O) groups is 1. The van der Waals surface area contributed by atoms with Crippen molar-refractivity contribution in [3.63, 3.8) is 0 Å². The van der Waals surface area contributed by atoms with E-state index in [0.717, 1.165) is 0 Å². The number of ether oxygens (including phenoxy) is 2. The third-order valence-corrected chi connectivity index (χ3v) is 2.42. The minimum Gasteiger partial charge on any atom is -0.497 e. The van der Waals surface area contributed by atoms with Crippen LogP contribution in [0.15, 0.2) is 18.2 Å². The third-order valence-electron chi connectivity index (χ3n) is 2.42. The first-order valence-electron chi connectivity index (χ1n) is 5.35. The van der Waals surface area contributed by atoms with Crippen molar-refractivity contribution in [2.45, 2.75) is 6.04 Å². The van der Waals surface area contributed by atoms with Gasteiger partial charge in [0.25, 0.3) is 0 Å². The number of benzene rings is 1. The zero-order chi connectivity index (χ0) is 14.4. The fourth-order valence-electron chi connectivity index (χ4n) is 1.34. The van der Waals surface area contributed by atoms with Gasteiger partial charge in [0.15, 0.2) is 0 Å². The van der Waals surface area contributed by atoms with Gasteiger partial charge in [-0.2, -0.15) is 0 Å². The molecule has 1 aromatic rings. The van der Waals surface area contributed by atoms with E-state index in [2.05, 4.69) is 5.32 Å². The maximum absolute atomic E-state index is 10.8. The van der Waals surface area contributed by atoms with Crippen LogP contribution in [0.25, 0.3) is 0 Å². The molecule has 2 N–H and O–H groups in total. The number of hydrogen-bond donors (Lipinski definition) is 2. The maximum atomic E-state index is 10.8. The summed E-state index contributed by atoms with van der Waals surface area (Å²) in [5, 5.41) is 22.2. The molecule has 1 aromatic carbocycles. The smallest absolute Gasteiger partial charge is 0.324 e. The molecule has 1 rings (SSSR count). The van der Waals surface area contributed by atoms with Gasteiger partial charge in [-0.3, -0.25) is 14.9 Å². The lowest BCUT2D eigenvalue weighted by atomic mass is 10.2. The van der Waals surface area contributed by atoms with Crippen LogP contribution in [0.2, 0.25) is 0 Å². The SMILES string of the molecule is CNC(COc1cc(OC)ccc1[N+](=O)[O-])C(=O)O. The predicted octanol–water partition coefficient (Wildman–Crippen LogP) is 0.655. The van der Waals surface area contributed by atoms with Crippen LogP contribution in [0.3, 0.4) is 0 Å². The Labute approximate surface area is 109 Å². The first-order valence-corrected chi connectivity index (χ1v) is 5.35. The number of nitro groups is 1. The predicted molar refractivity (Wildman–Crippen MR) is 65.6 cm³/mol. The van der Waals surface area contributed by atoms with E-state index >= 15 is 0 Å². The molecule has 0 radical (unpaired) electrons. The zero-order valence-electron chi connectivity index (χ0n) is 10.5. The van der Waals surface area contributed by atoms with Crippen LogP contribution in [0.5, 0.6) is 11.5 Å². The fourth-order valence-corrected chi connectivity index (χ4v) is 1.34. The summed E-state index contributed by atoms with van der Waals surface area (Å²) >= 11 is 0. The highest BCUT2D eigenvalue weighted by Crippen LogP contribution is 2.31. The average molecular weight is 270 g/mol. The number of hydrogen-bond acceptors (Lipinski definition) is 6. The van der Waals surface area contributed by atoms with E-state index in [0.29, 0.717) is 5.75 Å². The van der Waals surface area contributed by atoms with E-state index in [1.54, 1.807) is 0 Å². The Hall–Kier alpha value is -2.35. The first kappa shape index (κ1) is 14.7. The molecule has 0 bridgehead atoms. The van der Waals surface area contributed by atoms with Gasteiger partial charge in [-0.05, 0) is 13.1 Å². The lowest BCUT2D eigenvalue weighted by Crippen LogP contribution is -2.39. The van der Waals surface area contributed by atoms with Crippen molar-refractivity contribution in [1.29, 1.82) is 0 Å². The van der Waals surface area contributed by atoms with Gasteiger partial charge in [0, 0.05) is 12.1 Å². The average Bonchev–Trinajstić information content (AvgIpc) is 2.38. The molecule has 0 spiro atoms. The van der Waals surface area contributed by atoms with E-state index in [-0.39, 0.29) is 18.0 Å². The lowest BCUT2D eigenvalue weighted by molar-refractivity contribution is -0.385. The standard InChI is InChI=1S/C11H14N2O6/c1-12-8(11(14)15)6-19-10-5-7(18-2)3-4-9(10)13(16)17/h3-5,8,12H,6H2,1-2H3,(H,14,15). The number of methoxy groups -OCH3 is 1. The first-order chi connectivity index (χ1) is 8.99. The zero-order valence-corrected chi connectivity index (χ0v) is 10.5. The van der Waals surface area contributed by atoms with Gasteiger partial charge in [-0.1, -0.05) is 0 Å². The number of nitrogens with zero attached hydrogens (tertiary/aromatic N) is 1. The van der Waals surface area contributed by atoms with Crippen molar-refractivity contribution in [2.24, 2.45) is 0 Å². The Morgan fingerprint density at radius 1 is 1.58 bits per heavy atom. The number of nitrogens with one attached hydrogen (secondary N) is 1. The molecule has 1 unspecified atom stereocenters. The van der Waals surface area contributed by atoms with E-state index in [4.69, 9.17) is 14.6 Å². The third kappa shape index (κ3) is 3.81. The van der Waals surface area contributed by atoms with Crippen LogP contribution < -0.4 is 14.8 Å². The van der Waals surface area contributed by atoms with Crippen LogP contribution in [0.1, 0.15) is 0 Å². The molecule has 0 amide bonds. The van der Waals surface area contributed by atoms with Crippen LogP contribution in [-0.4, -0.2) is 42.8 Å². The topological polar surface area (TPSA) is 111 Å². The van der Waals surface area contributed by atoms with Gasteiger partial charge >= 0.3 is 11.7 Å². The van der Waals surface area contributed by atoms with E-state index in [1.165, 1.54) is 32.4 Å². The van der Waals surface area contributed by atoms with Crippen LogP contribution in [0, 0.1) is 10.1 Å². The summed E-state index contributed by atoms with van der Waals surface area (Å²) in [6, 6.07) is 3.05. The van der Waals surface area contributed by atoms with Crippen molar-refractivity contribution in [3.8, 4) is 11.5 Å². The molecule has 0 saturated heterocycles. The second kappa shape index (κ2) is 6.55. The Kier molecular flexibility index (Phi) is 5.07. The molecule has 0 aliphatic rings. The molecule has 8 heteroatoms. The number of aliphatic carboxylic acids is 1. The van der Waals surface area contributed by atoms with Gasteiger partial charge in [0.2, 0.25) is 5.75 Å². The summed E-state index contributed by atoms with van der Waals surface area (Å²) in [5.74, 6) is -0.754. The van der Waals surface area contributed by atoms with Crippen molar-refractivity contribution in [2.75, 3.05) is 20.8 Å². The highest BCUT2D eigenvalue weighted by Gasteiger charge is 2.20. The second-order valence-corrected chi connectivity index (χ2v) is 3.58. The molecule has 0 aliphatic heterocycles. The van der Waals surface area contributed by atoms with Gasteiger partial charge in [-0.25, -0.2) is 0 Å². The number of carboxylic acids is 1. The molecule has 19 heavy (non-hydrogen) atoms. The molecule has 8 nitrogen and oxygen atoms in total. The molecule has 0 heterocycles. The maximum Gasteiger partial charge on any atom is 0.324 e.